The molecule has 0 saturated heterocycles. The lowest BCUT2D eigenvalue weighted by atomic mass is 9.94. The van der Waals surface area contributed by atoms with Gasteiger partial charge in [-0.25, -0.2) is 0 Å². The number of hydrogen-bond donors (Lipinski definition) is 1. The van der Waals surface area contributed by atoms with Gasteiger partial charge in [0.1, 0.15) is 0 Å². The fourth-order valence-corrected chi connectivity index (χ4v) is 1.79. The standard InChI is InChI=1S/C11H9N3/c12-5-8-3-9(6-13)11-1-2-14-7-10(11)4-8/h3-4,14H,1-2,7H2. The van der Waals surface area contributed by atoms with Crippen LogP contribution < -0.4 is 5.32 Å². The van der Waals surface area contributed by atoms with Gasteiger partial charge in [-0.2, -0.15) is 10.5 Å². The smallest absolute Gasteiger partial charge is 0.0995 e. The predicted molar refractivity (Wildman–Crippen MR) is 51.3 cm³/mol. The van der Waals surface area contributed by atoms with Crippen molar-refractivity contribution in [3.8, 4) is 12.1 Å². The molecule has 0 fully saturated rings. The van der Waals surface area contributed by atoms with Crippen LogP contribution in [0.2, 0.25) is 0 Å². The summed E-state index contributed by atoms with van der Waals surface area (Å²) < 4.78 is 0. The van der Waals surface area contributed by atoms with E-state index in [0.717, 1.165) is 30.6 Å². The van der Waals surface area contributed by atoms with Gasteiger partial charge in [0.25, 0.3) is 0 Å². The maximum atomic E-state index is 8.93. The molecule has 1 N–H and O–H groups in total. The zero-order valence-corrected chi connectivity index (χ0v) is 7.67. The van der Waals surface area contributed by atoms with Crippen LogP contribution >= 0.6 is 0 Å². The number of benzene rings is 1. The molecule has 1 aliphatic rings. The third kappa shape index (κ3) is 1.35. The number of fused-ring (bicyclic) bond motifs is 1. The van der Waals surface area contributed by atoms with Crippen molar-refractivity contribution < 1.29 is 0 Å². The fourth-order valence-electron chi connectivity index (χ4n) is 1.79. The van der Waals surface area contributed by atoms with Crippen molar-refractivity contribution in [2.75, 3.05) is 6.54 Å². The monoisotopic (exact) mass is 183 g/mol. The van der Waals surface area contributed by atoms with Crippen molar-refractivity contribution in [3.63, 3.8) is 0 Å². The summed E-state index contributed by atoms with van der Waals surface area (Å²) in [5.41, 5.74) is 3.42. The molecule has 68 valence electrons. The second-order valence-electron chi connectivity index (χ2n) is 3.31. The fraction of sp³-hybridized carbons (Fsp3) is 0.273. The van der Waals surface area contributed by atoms with E-state index >= 15 is 0 Å². The van der Waals surface area contributed by atoms with Crippen molar-refractivity contribution in [2.24, 2.45) is 0 Å². The predicted octanol–water partition coefficient (Wildman–Crippen LogP) is 1.08. The molecular formula is C11H9N3. The Morgan fingerprint density at radius 2 is 2.07 bits per heavy atom. The van der Waals surface area contributed by atoms with Crippen molar-refractivity contribution in [1.82, 2.24) is 5.32 Å². The van der Waals surface area contributed by atoms with Crippen LogP contribution in [0, 0.1) is 22.7 Å². The van der Waals surface area contributed by atoms with Crippen LogP contribution in [-0.2, 0) is 13.0 Å². The highest BCUT2D eigenvalue weighted by atomic mass is 14.9. The Morgan fingerprint density at radius 3 is 2.79 bits per heavy atom. The average Bonchev–Trinajstić information content (AvgIpc) is 2.27. The van der Waals surface area contributed by atoms with E-state index in [0.29, 0.717) is 11.1 Å². The van der Waals surface area contributed by atoms with Crippen LogP contribution in [0.4, 0.5) is 0 Å². The Balaban J connectivity index is 2.61. The van der Waals surface area contributed by atoms with E-state index < -0.39 is 0 Å². The Hall–Kier alpha value is -1.84. The summed E-state index contributed by atoms with van der Waals surface area (Å²) in [6.07, 6.45) is 0.879. The summed E-state index contributed by atoms with van der Waals surface area (Å²) in [6, 6.07) is 7.76. The Kier molecular flexibility index (Phi) is 2.18. The van der Waals surface area contributed by atoms with E-state index in [-0.39, 0.29) is 0 Å². The molecule has 2 rings (SSSR count). The molecule has 1 aromatic rings. The molecule has 3 heteroatoms. The van der Waals surface area contributed by atoms with Gasteiger partial charge in [0, 0.05) is 6.54 Å². The number of nitrogens with zero attached hydrogens (tertiary/aromatic N) is 2. The second kappa shape index (κ2) is 3.49. The van der Waals surface area contributed by atoms with Crippen molar-refractivity contribution in [1.29, 1.82) is 10.5 Å². The van der Waals surface area contributed by atoms with Gasteiger partial charge in [0.05, 0.1) is 23.3 Å². The molecule has 0 aliphatic carbocycles. The van der Waals surface area contributed by atoms with E-state index in [1.807, 2.05) is 6.07 Å². The number of nitrogens with one attached hydrogen (secondary N) is 1. The summed E-state index contributed by atoms with van der Waals surface area (Å²) in [4.78, 5) is 0. The first-order valence-electron chi connectivity index (χ1n) is 4.52. The zero-order chi connectivity index (χ0) is 9.97. The first-order valence-corrected chi connectivity index (χ1v) is 4.52. The maximum absolute atomic E-state index is 8.93. The molecule has 0 saturated carbocycles. The van der Waals surface area contributed by atoms with Crippen LogP contribution in [0.25, 0.3) is 0 Å². The highest BCUT2D eigenvalue weighted by Crippen LogP contribution is 2.20. The quantitative estimate of drug-likeness (QED) is 0.654. The Morgan fingerprint density at radius 1 is 1.21 bits per heavy atom. The molecule has 14 heavy (non-hydrogen) atoms. The number of hydrogen-bond acceptors (Lipinski definition) is 3. The van der Waals surface area contributed by atoms with Crippen LogP contribution in [0.15, 0.2) is 12.1 Å². The van der Waals surface area contributed by atoms with Gasteiger partial charge in [0.15, 0.2) is 0 Å². The molecule has 1 aromatic carbocycles. The second-order valence-corrected chi connectivity index (χ2v) is 3.31. The molecule has 0 radical (unpaired) electrons. The van der Waals surface area contributed by atoms with Crippen molar-refractivity contribution in [2.45, 2.75) is 13.0 Å². The third-order valence-electron chi connectivity index (χ3n) is 2.46. The lowest BCUT2D eigenvalue weighted by Crippen LogP contribution is -2.24. The summed E-state index contributed by atoms with van der Waals surface area (Å²) in [5.74, 6) is 0. The molecule has 0 spiro atoms. The molecule has 0 aromatic heterocycles. The first-order chi connectivity index (χ1) is 6.85. The summed E-state index contributed by atoms with van der Waals surface area (Å²) >= 11 is 0. The maximum Gasteiger partial charge on any atom is 0.0995 e. The minimum Gasteiger partial charge on any atom is -0.312 e. The van der Waals surface area contributed by atoms with E-state index in [4.69, 9.17) is 10.5 Å². The van der Waals surface area contributed by atoms with Crippen molar-refractivity contribution in [3.05, 3.63) is 34.4 Å². The minimum atomic E-state index is 0.573. The lowest BCUT2D eigenvalue weighted by molar-refractivity contribution is 0.642. The summed E-state index contributed by atoms with van der Waals surface area (Å²) in [5, 5.41) is 20.9. The third-order valence-corrected chi connectivity index (χ3v) is 2.46. The van der Waals surface area contributed by atoms with E-state index in [2.05, 4.69) is 17.5 Å². The van der Waals surface area contributed by atoms with Crippen LogP contribution in [0.1, 0.15) is 22.3 Å². The molecule has 1 heterocycles. The Bertz CT molecular complexity index is 449. The van der Waals surface area contributed by atoms with Crippen LogP contribution in [-0.4, -0.2) is 6.54 Å². The molecule has 0 bridgehead atoms. The molecular weight excluding hydrogens is 174 g/mol. The molecule has 0 amide bonds. The molecule has 3 nitrogen and oxygen atoms in total. The SMILES string of the molecule is N#Cc1cc(C#N)c2c(c1)CNCC2. The summed E-state index contributed by atoms with van der Waals surface area (Å²) in [6.45, 7) is 1.67. The van der Waals surface area contributed by atoms with Gasteiger partial charge < -0.3 is 5.32 Å². The largest absolute Gasteiger partial charge is 0.312 e. The highest BCUT2D eigenvalue weighted by Gasteiger charge is 2.13. The topological polar surface area (TPSA) is 59.6 Å². The normalized spacial score (nSPS) is 13.9. The van der Waals surface area contributed by atoms with Gasteiger partial charge >= 0.3 is 0 Å². The average molecular weight is 183 g/mol. The highest BCUT2D eigenvalue weighted by molar-refractivity contribution is 5.50. The van der Waals surface area contributed by atoms with Gasteiger partial charge in [-0.05, 0) is 36.2 Å². The lowest BCUT2D eigenvalue weighted by Gasteiger charge is -2.18. The van der Waals surface area contributed by atoms with Crippen LogP contribution in [0.3, 0.4) is 0 Å². The van der Waals surface area contributed by atoms with Gasteiger partial charge in [-0.15, -0.1) is 0 Å². The van der Waals surface area contributed by atoms with Gasteiger partial charge in [-0.1, -0.05) is 0 Å². The number of nitriles is 2. The van der Waals surface area contributed by atoms with Crippen LogP contribution in [0.5, 0.6) is 0 Å². The van der Waals surface area contributed by atoms with Crippen molar-refractivity contribution >= 4 is 0 Å². The molecule has 0 atom stereocenters. The zero-order valence-electron chi connectivity index (χ0n) is 7.67. The summed E-state index contributed by atoms with van der Waals surface area (Å²) in [7, 11) is 0. The molecule has 1 aliphatic heterocycles. The first kappa shape index (κ1) is 8.74. The Labute approximate surface area is 82.6 Å². The molecule has 0 unspecified atom stereocenters. The van der Waals surface area contributed by atoms with E-state index in [1.54, 1.807) is 6.07 Å². The van der Waals surface area contributed by atoms with Gasteiger partial charge in [0.2, 0.25) is 0 Å². The van der Waals surface area contributed by atoms with Gasteiger partial charge in [-0.3, -0.25) is 0 Å². The van der Waals surface area contributed by atoms with E-state index in [9.17, 15) is 0 Å². The number of rotatable bonds is 0. The minimum absolute atomic E-state index is 0.573. The van der Waals surface area contributed by atoms with E-state index in [1.165, 1.54) is 0 Å².